The lowest BCUT2D eigenvalue weighted by Crippen LogP contribution is -2.52. The van der Waals surface area contributed by atoms with Gasteiger partial charge in [0.25, 0.3) is 11.8 Å². The van der Waals surface area contributed by atoms with Gasteiger partial charge in [0.1, 0.15) is 5.69 Å². The van der Waals surface area contributed by atoms with Crippen LogP contribution in [-0.4, -0.2) is 52.1 Å². The lowest BCUT2D eigenvalue weighted by atomic mass is 9.94. The van der Waals surface area contributed by atoms with Gasteiger partial charge in [0.15, 0.2) is 0 Å². The highest BCUT2D eigenvalue weighted by atomic mass is 35.5. The molecule has 0 aliphatic carbocycles. The standard InChI is InChI=1S/C18H21N5O3.ClH/c19-16(24)15-9-21-8-14(23-15)12-3-1-4-13(7-12)17(25)22-11-18(26)5-2-6-20-10-18;/h1,3-4,7-9,20,26H,2,5-6,10-11H2,(H2,19,24)(H,22,25);1H. The molecule has 2 aromatic rings. The van der Waals surface area contributed by atoms with Gasteiger partial charge in [-0.15, -0.1) is 12.4 Å². The van der Waals surface area contributed by atoms with Gasteiger partial charge in [-0.1, -0.05) is 12.1 Å². The lowest BCUT2D eigenvalue weighted by Gasteiger charge is -2.32. The van der Waals surface area contributed by atoms with Crippen LogP contribution in [0.5, 0.6) is 0 Å². The van der Waals surface area contributed by atoms with Crippen molar-refractivity contribution in [3.63, 3.8) is 0 Å². The van der Waals surface area contributed by atoms with Crippen LogP contribution >= 0.6 is 12.4 Å². The molecule has 1 fully saturated rings. The Hall–Kier alpha value is -2.55. The van der Waals surface area contributed by atoms with E-state index in [-0.39, 0.29) is 30.6 Å². The minimum absolute atomic E-state index is 0. The van der Waals surface area contributed by atoms with Crippen LogP contribution in [0.4, 0.5) is 0 Å². The Bertz CT molecular complexity index is 824. The third-order valence-corrected chi connectivity index (χ3v) is 4.34. The van der Waals surface area contributed by atoms with Crippen molar-refractivity contribution < 1.29 is 14.7 Å². The smallest absolute Gasteiger partial charge is 0.268 e. The molecule has 0 spiro atoms. The number of halogens is 1. The highest BCUT2D eigenvalue weighted by Gasteiger charge is 2.29. The summed E-state index contributed by atoms with van der Waals surface area (Å²) in [6.45, 7) is 1.52. The van der Waals surface area contributed by atoms with Crippen LogP contribution in [0.15, 0.2) is 36.7 Å². The molecular formula is C18H22ClN5O3. The maximum atomic E-state index is 12.4. The number of aromatic nitrogens is 2. The molecule has 8 nitrogen and oxygen atoms in total. The van der Waals surface area contributed by atoms with Crippen molar-refractivity contribution in [2.24, 2.45) is 5.73 Å². The van der Waals surface area contributed by atoms with E-state index in [1.807, 2.05) is 0 Å². The van der Waals surface area contributed by atoms with E-state index in [0.29, 0.717) is 29.8 Å². The van der Waals surface area contributed by atoms with Gasteiger partial charge in [-0.05, 0) is 31.5 Å². The van der Waals surface area contributed by atoms with Crippen LogP contribution in [0.25, 0.3) is 11.3 Å². The normalized spacial score (nSPS) is 19.0. The van der Waals surface area contributed by atoms with Crippen molar-refractivity contribution in [2.45, 2.75) is 18.4 Å². The molecular weight excluding hydrogens is 370 g/mol. The fourth-order valence-corrected chi connectivity index (χ4v) is 2.89. The Balaban J connectivity index is 0.00000261. The van der Waals surface area contributed by atoms with E-state index in [9.17, 15) is 14.7 Å². The molecule has 9 heteroatoms. The van der Waals surface area contributed by atoms with Gasteiger partial charge in [0, 0.05) is 24.2 Å². The molecule has 3 rings (SSSR count). The van der Waals surface area contributed by atoms with E-state index < -0.39 is 11.5 Å². The first kappa shape index (κ1) is 20.8. The molecule has 1 aromatic heterocycles. The average molecular weight is 392 g/mol. The first-order chi connectivity index (χ1) is 12.5. The summed E-state index contributed by atoms with van der Waals surface area (Å²) in [5.74, 6) is -0.951. The van der Waals surface area contributed by atoms with Crippen LogP contribution in [0.3, 0.4) is 0 Å². The minimum Gasteiger partial charge on any atom is -0.387 e. The Morgan fingerprint density at radius 3 is 2.85 bits per heavy atom. The number of carbonyl (C=O) groups is 2. The lowest BCUT2D eigenvalue weighted by molar-refractivity contribution is 0.0170. The number of hydrogen-bond donors (Lipinski definition) is 4. The topological polar surface area (TPSA) is 130 Å². The van der Waals surface area contributed by atoms with E-state index in [0.717, 1.165) is 13.0 Å². The molecule has 1 aliphatic rings. The summed E-state index contributed by atoms with van der Waals surface area (Å²) in [6, 6.07) is 6.82. The summed E-state index contributed by atoms with van der Waals surface area (Å²) < 4.78 is 0. The minimum atomic E-state index is -0.924. The predicted octanol–water partition coefficient (Wildman–Crippen LogP) is 0.509. The number of piperidine rings is 1. The summed E-state index contributed by atoms with van der Waals surface area (Å²) in [5, 5.41) is 16.4. The fourth-order valence-electron chi connectivity index (χ4n) is 2.89. The molecule has 0 bridgehead atoms. The van der Waals surface area contributed by atoms with Gasteiger partial charge in [-0.25, -0.2) is 4.98 Å². The fraction of sp³-hybridized carbons (Fsp3) is 0.333. The van der Waals surface area contributed by atoms with Gasteiger partial charge in [-0.2, -0.15) is 0 Å². The van der Waals surface area contributed by atoms with Crippen molar-refractivity contribution in [1.82, 2.24) is 20.6 Å². The van der Waals surface area contributed by atoms with Gasteiger partial charge in [0.2, 0.25) is 0 Å². The molecule has 1 saturated heterocycles. The summed E-state index contributed by atoms with van der Waals surface area (Å²) in [5.41, 5.74) is 5.89. The zero-order valence-corrected chi connectivity index (χ0v) is 15.5. The number of nitrogens with zero attached hydrogens (tertiary/aromatic N) is 2. The number of nitrogens with one attached hydrogen (secondary N) is 2. The summed E-state index contributed by atoms with van der Waals surface area (Å²) in [6.07, 6.45) is 4.31. The molecule has 2 amide bonds. The van der Waals surface area contributed by atoms with Crippen molar-refractivity contribution in [1.29, 1.82) is 0 Å². The first-order valence-electron chi connectivity index (χ1n) is 8.40. The molecule has 27 heavy (non-hydrogen) atoms. The molecule has 0 radical (unpaired) electrons. The second kappa shape index (κ2) is 8.90. The van der Waals surface area contributed by atoms with Crippen LogP contribution in [0, 0.1) is 0 Å². The summed E-state index contributed by atoms with van der Waals surface area (Å²) in [4.78, 5) is 31.8. The third-order valence-electron chi connectivity index (χ3n) is 4.34. The first-order valence-corrected chi connectivity index (χ1v) is 8.40. The van der Waals surface area contributed by atoms with Crippen LogP contribution in [0.1, 0.15) is 33.7 Å². The number of aliphatic hydroxyl groups is 1. The quantitative estimate of drug-likeness (QED) is 0.587. The molecule has 1 atom stereocenters. The van der Waals surface area contributed by atoms with Gasteiger partial charge >= 0.3 is 0 Å². The molecule has 1 aliphatic heterocycles. The summed E-state index contributed by atoms with van der Waals surface area (Å²) in [7, 11) is 0. The number of rotatable bonds is 5. The van der Waals surface area contributed by atoms with E-state index >= 15 is 0 Å². The van der Waals surface area contributed by atoms with Crippen molar-refractivity contribution in [3.8, 4) is 11.3 Å². The van der Waals surface area contributed by atoms with Gasteiger partial charge in [-0.3, -0.25) is 14.6 Å². The number of carbonyl (C=O) groups excluding carboxylic acids is 2. The summed E-state index contributed by atoms with van der Waals surface area (Å²) >= 11 is 0. The molecule has 5 N–H and O–H groups in total. The largest absolute Gasteiger partial charge is 0.387 e. The monoisotopic (exact) mass is 391 g/mol. The van der Waals surface area contributed by atoms with E-state index in [4.69, 9.17) is 5.73 Å². The molecule has 1 aromatic carbocycles. The van der Waals surface area contributed by atoms with Crippen molar-refractivity contribution >= 4 is 24.2 Å². The highest BCUT2D eigenvalue weighted by molar-refractivity contribution is 5.95. The number of primary amides is 1. The number of β-amino-alcohol motifs (C(OH)–C–C–N with tert-alkyl or cyclic N) is 1. The number of benzene rings is 1. The maximum Gasteiger partial charge on any atom is 0.268 e. The Labute approximate surface area is 163 Å². The predicted molar refractivity (Wildman–Crippen MR) is 103 cm³/mol. The van der Waals surface area contributed by atoms with E-state index in [1.165, 1.54) is 12.4 Å². The Morgan fingerprint density at radius 1 is 1.33 bits per heavy atom. The third kappa shape index (κ3) is 5.22. The SMILES string of the molecule is Cl.NC(=O)c1cncc(-c2cccc(C(=O)NCC3(O)CCCNC3)c2)n1. The molecule has 0 saturated carbocycles. The van der Waals surface area contributed by atoms with Crippen LogP contribution in [0.2, 0.25) is 0 Å². The zero-order valence-electron chi connectivity index (χ0n) is 14.6. The zero-order chi connectivity index (χ0) is 18.6. The van der Waals surface area contributed by atoms with Gasteiger partial charge in [0.05, 0.1) is 23.7 Å². The average Bonchev–Trinajstić information content (AvgIpc) is 2.67. The van der Waals surface area contributed by atoms with E-state index in [2.05, 4.69) is 20.6 Å². The number of amides is 2. The Kier molecular flexibility index (Phi) is 6.84. The maximum absolute atomic E-state index is 12.4. The number of nitrogens with two attached hydrogens (primary N) is 1. The van der Waals surface area contributed by atoms with Gasteiger partial charge < -0.3 is 21.5 Å². The van der Waals surface area contributed by atoms with Crippen LogP contribution in [-0.2, 0) is 0 Å². The Morgan fingerprint density at radius 2 is 2.15 bits per heavy atom. The molecule has 2 heterocycles. The molecule has 144 valence electrons. The second-order valence-electron chi connectivity index (χ2n) is 6.42. The molecule has 1 unspecified atom stereocenters. The highest BCUT2D eigenvalue weighted by Crippen LogP contribution is 2.19. The van der Waals surface area contributed by atoms with Crippen molar-refractivity contribution in [2.75, 3.05) is 19.6 Å². The second-order valence-corrected chi connectivity index (χ2v) is 6.42. The van der Waals surface area contributed by atoms with Crippen LogP contribution < -0.4 is 16.4 Å². The van der Waals surface area contributed by atoms with E-state index in [1.54, 1.807) is 24.3 Å². The number of hydrogen-bond acceptors (Lipinski definition) is 6. The van der Waals surface area contributed by atoms with Crippen molar-refractivity contribution in [3.05, 3.63) is 47.9 Å².